The number of likely N-dealkylation sites (N-methyl/N-ethyl adjacent to an activating group) is 2. The predicted molar refractivity (Wildman–Crippen MR) is 168 cm³/mol. The van der Waals surface area contributed by atoms with Crippen molar-refractivity contribution in [3.05, 3.63) is 47.8 Å². The molecule has 0 spiro atoms. The highest BCUT2D eigenvalue weighted by molar-refractivity contribution is 6.19. The number of aromatic nitrogens is 3. The molecule has 0 saturated heterocycles. The van der Waals surface area contributed by atoms with Gasteiger partial charge in [0.1, 0.15) is 0 Å². The summed E-state index contributed by atoms with van der Waals surface area (Å²) in [6, 6.07) is 10.4. The number of hydrogen-bond donors (Lipinski definition) is 1. The molecule has 1 aromatic carbocycles. The summed E-state index contributed by atoms with van der Waals surface area (Å²) in [6.45, 7) is 6.49. The molecule has 10 heteroatoms. The van der Waals surface area contributed by atoms with Crippen molar-refractivity contribution in [3.63, 3.8) is 0 Å². The van der Waals surface area contributed by atoms with E-state index in [4.69, 9.17) is 14.7 Å². The molecule has 1 aliphatic carbocycles. The topological polar surface area (TPSA) is 91.1 Å². The van der Waals surface area contributed by atoms with E-state index in [1.165, 1.54) is 12.8 Å². The first-order chi connectivity index (χ1) is 20.2. The molecule has 42 heavy (non-hydrogen) atoms. The highest BCUT2D eigenvalue weighted by Gasteiger charge is 2.36. The van der Waals surface area contributed by atoms with Gasteiger partial charge in [-0.3, -0.25) is 9.78 Å². The fraction of sp³-hybridized carbons (Fsp3) is 0.500. The minimum atomic E-state index is -0.303. The summed E-state index contributed by atoms with van der Waals surface area (Å²) in [7, 11) is 8.22. The van der Waals surface area contributed by atoms with Gasteiger partial charge in [-0.1, -0.05) is 0 Å². The van der Waals surface area contributed by atoms with Crippen LogP contribution in [0.5, 0.6) is 5.88 Å². The Labute approximate surface area is 248 Å². The van der Waals surface area contributed by atoms with Crippen LogP contribution in [0.4, 0.5) is 17.1 Å². The number of nitrogens with zero attached hydrogens (tertiary/aromatic N) is 7. The number of guanidine groups is 1. The zero-order valence-corrected chi connectivity index (χ0v) is 25.6. The molecule has 1 saturated carbocycles. The van der Waals surface area contributed by atoms with E-state index >= 15 is 0 Å². The summed E-state index contributed by atoms with van der Waals surface area (Å²) in [5, 5.41) is 7.91. The largest absolute Gasteiger partial charge is 0.477 e. The second kappa shape index (κ2) is 11.4. The van der Waals surface area contributed by atoms with E-state index in [0.29, 0.717) is 47.6 Å². The maximum absolute atomic E-state index is 13.7. The zero-order valence-electron chi connectivity index (χ0n) is 25.6. The van der Waals surface area contributed by atoms with E-state index in [-0.39, 0.29) is 5.91 Å². The number of aryl methyl sites for hydroxylation is 2. The van der Waals surface area contributed by atoms with Gasteiger partial charge in [-0.05, 0) is 95.8 Å². The Morgan fingerprint density at radius 2 is 1.93 bits per heavy atom. The van der Waals surface area contributed by atoms with Gasteiger partial charge in [0.25, 0.3) is 5.91 Å². The summed E-state index contributed by atoms with van der Waals surface area (Å²) in [5.74, 6) is 2.11. The van der Waals surface area contributed by atoms with Gasteiger partial charge < -0.3 is 24.8 Å². The molecule has 2 aromatic heterocycles. The third-order valence-electron chi connectivity index (χ3n) is 8.70. The number of amides is 1. The number of fused-ring (bicyclic) bond motifs is 7. The number of anilines is 3. The third kappa shape index (κ3) is 5.72. The first kappa shape index (κ1) is 28.2. The Kier molecular flexibility index (Phi) is 7.66. The minimum absolute atomic E-state index is 0.303. The molecule has 2 aliphatic heterocycles. The van der Waals surface area contributed by atoms with E-state index in [2.05, 4.69) is 71.4 Å². The summed E-state index contributed by atoms with van der Waals surface area (Å²) in [5.41, 5.74) is 5.86. The van der Waals surface area contributed by atoms with Crippen molar-refractivity contribution in [2.24, 2.45) is 23.9 Å². The van der Waals surface area contributed by atoms with Crippen LogP contribution in [0.1, 0.15) is 48.7 Å². The number of nitrogens with one attached hydrogen (secondary N) is 1. The van der Waals surface area contributed by atoms with Crippen molar-refractivity contribution in [1.29, 1.82) is 0 Å². The molecule has 6 rings (SSSR count). The lowest BCUT2D eigenvalue weighted by atomic mass is 9.97. The van der Waals surface area contributed by atoms with Gasteiger partial charge in [0.15, 0.2) is 0 Å². The number of aliphatic imine (C=N–C) groups is 1. The van der Waals surface area contributed by atoms with Crippen LogP contribution >= 0.6 is 0 Å². The number of hydrogen-bond acceptors (Lipinski definition) is 8. The van der Waals surface area contributed by atoms with E-state index in [9.17, 15) is 4.79 Å². The average molecular weight is 571 g/mol. The molecule has 4 heterocycles. The van der Waals surface area contributed by atoms with Crippen molar-refractivity contribution in [2.75, 3.05) is 56.0 Å². The van der Waals surface area contributed by atoms with E-state index in [1.807, 2.05) is 14.0 Å². The van der Waals surface area contributed by atoms with Crippen LogP contribution in [0.25, 0.3) is 11.3 Å². The molecule has 2 bridgehead atoms. The van der Waals surface area contributed by atoms with Crippen molar-refractivity contribution in [3.8, 4) is 17.1 Å². The predicted octanol–water partition coefficient (Wildman–Crippen LogP) is 4.80. The fourth-order valence-electron chi connectivity index (χ4n) is 6.21. The number of carbonyl (C=O) groups is 1. The minimum Gasteiger partial charge on any atom is -0.477 e. The highest BCUT2D eigenvalue weighted by atomic mass is 16.5. The Bertz CT molecular complexity index is 1510. The summed E-state index contributed by atoms with van der Waals surface area (Å²) >= 11 is 0. The molecule has 222 valence electrons. The Morgan fingerprint density at radius 3 is 2.69 bits per heavy atom. The van der Waals surface area contributed by atoms with Gasteiger partial charge in [0, 0.05) is 50.2 Å². The van der Waals surface area contributed by atoms with Gasteiger partial charge in [-0.2, -0.15) is 10.1 Å². The first-order valence-electron chi connectivity index (χ1n) is 15.0. The van der Waals surface area contributed by atoms with E-state index in [1.54, 1.807) is 23.0 Å². The number of benzene rings is 1. The summed E-state index contributed by atoms with van der Waals surface area (Å²) in [6.07, 6.45) is 6.22. The van der Waals surface area contributed by atoms with Gasteiger partial charge in [-0.25, -0.2) is 4.68 Å². The molecule has 3 aliphatic rings. The Morgan fingerprint density at radius 1 is 1.12 bits per heavy atom. The van der Waals surface area contributed by atoms with Gasteiger partial charge in [0.2, 0.25) is 11.8 Å². The van der Waals surface area contributed by atoms with Crippen molar-refractivity contribution < 1.29 is 9.53 Å². The number of rotatable bonds is 5. The van der Waals surface area contributed by atoms with Crippen molar-refractivity contribution in [2.45, 2.75) is 45.6 Å². The van der Waals surface area contributed by atoms with Gasteiger partial charge in [0.05, 0.1) is 35.4 Å². The second-order valence-corrected chi connectivity index (χ2v) is 12.4. The van der Waals surface area contributed by atoms with Gasteiger partial charge >= 0.3 is 0 Å². The first-order valence-corrected chi connectivity index (χ1v) is 15.0. The molecule has 0 radical (unpaired) electrons. The summed E-state index contributed by atoms with van der Waals surface area (Å²) < 4.78 is 8.03. The molecule has 2 atom stereocenters. The average Bonchev–Trinajstić information content (AvgIpc) is 3.65. The molecule has 1 N–H and O–H groups in total. The number of pyridine rings is 1. The molecule has 2 unspecified atom stereocenters. The third-order valence-corrected chi connectivity index (χ3v) is 8.70. The molecule has 1 amide bonds. The normalized spacial score (nSPS) is 20.7. The van der Waals surface area contributed by atoms with Gasteiger partial charge in [-0.15, -0.1) is 0 Å². The fourth-order valence-corrected chi connectivity index (χ4v) is 6.21. The molecular weight excluding hydrogens is 528 g/mol. The second-order valence-electron chi connectivity index (χ2n) is 12.4. The zero-order chi connectivity index (χ0) is 29.5. The number of ether oxygens (including phenoxy) is 1. The van der Waals surface area contributed by atoms with Crippen LogP contribution in [0, 0.1) is 18.8 Å². The van der Waals surface area contributed by atoms with Crippen LogP contribution in [-0.4, -0.2) is 78.4 Å². The standard InChI is InChI=1S/C32H42N8O2/c1-20-14-24-15-28(34-20)26-17-33-39(6)31(26)42-13-7-8-23(22-9-10-22)19-40-29-16-25(38(5)21(2)18-37(3)4)11-12-27(29)35-32(40)36-30(24)41/h11-12,14-17,21-23H,7-10,13,18-19H2,1-6H3,(H,35,36,41). The molecular formula is C32H42N8O2. The Hall–Kier alpha value is -3.92. The van der Waals surface area contributed by atoms with Crippen LogP contribution in [0.2, 0.25) is 0 Å². The molecule has 10 nitrogen and oxygen atoms in total. The van der Waals surface area contributed by atoms with Crippen LogP contribution in [0.3, 0.4) is 0 Å². The van der Waals surface area contributed by atoms with Crippen molar-refractivity contribution >= 4 is 28.9 Å². The lowest BCUT2D eigenvalue weighted by Gasteiger charge is -2.30. The van der Waals surface area contributed by atoms with Crippen LogP contribution in [0.15, 0.2) is 41.5 Å². The highest BCUT2D eigenvalue weighted by Crippen LogP contribution is 2.43. The monoisotopic (exact) mass is 570 g/mol. The lowest BCUT2D eigenvalue weighted by Crippen LogP contribution is -2.38. The quantitative estimate of drug-likeness (QED) is 0.468. The maximum atomic E-state index is 13.7. The maximum Gasteiger partial charge on any atom is 0.280 e. The summed E-state index contributed by atoms with van der Waals surface area (Å²) in [4.78, 5) is 29.9. The Balaban J connectivity index is 1.40. The van der Waals surface area contributed by atoms with Crippen LogP contribution in [-0.2, 0) is 7.05 Å². The lowest BCUT2D eigenvalue weighted by molar-refractivity contribution is 0.100. The SMILES string of the molecule is Cc1cc2cc(n1)-c1cnn(C)c1OCCCC(C1CC1)CN1/C(=N/C2=O)Nc2ccc(N(C)C(C)CN(C)C)cc21. The molecule has 1 fully saturated rings. The van der Waals surface area contributed by atoms with Crippen LogP contribution < -0.4 is 19.9 Å². The smallest absolute Gasteiger partial charge is 0.280 e. The number of carbonyl (C=O) groups excluding carboxylic acids is 1. The molecule has 3 aromatic rings. The van der Waals surface area contributed by atoms with Crippen molar-refractivity contribution in [1.82, 2.24) is 19.7 Å². The van der Waals surface area contributed by atoms with E-state index < -0.39 is 0 Å². The van der Waals surface area contributed by atoms with E-state index in [0.717, 1.165) is 54.3 Å².